The summed E-state index contributed by atoms with van der Waals surface area (Å²) in [4.78, 5) is 54.0. The van der Waals surface area contributed by atoms with Crippen molar-refractivity contribution in [3.05, 3.63) is 46.2 Å². The first-order chi connectivity index (χ1) is 20.1. The topological polar surface area (TPSA) is 243 Å². The second-order valence-electron chi connectivity index (χ2n) is 11.7. The number of likely N-dealkylation sites (N-methyl/N-ethyl adjacent to an activating group) is 1. The van der Waals surface area contributed by atoms with Crippen molar-refractivity contribution in [3.8, 4) is 5.75 Å². The van der Waals surface area contributed by atoms with Gasteiger partial charge in [-0.1, -0.05) is 18.6 Å². The molecule has 3 aliphatic rings. The summed E-state index contributed by atoms with van der Waals surface area (Å²) in [7, 11) is 2.97. The van der Waals surface area contributed by atoms with Crippen LogP contribution in [0.5, 0.6) is 5.75 Å². The number of rotatable bonds is 10. The molecule has 3 aliphatic carbocycles. The predicted molar refractivity (Wildman–Crippen MR) is 151 cm³/mol. The molecule has 14 heteroatoms. The molecule has 1 saturated carbocycles. The van der Waals surface area contributed by atoms with Gasteiger partial charge < -0.3 is 41.7 Å². The van der Waals surface area contributed by atoms with Gasteiger partial charge >= 0.3 is 5.97 Å². The molecular formula is C29H38N4O10. The monoisotopic (exact) mass is 602 g/mol. The van der Waals surface area contributed by atoms with Crippen LogP contribution in [0.4, 0.5) is 0 Å². The molecule has 0 aliphatic heterocycles. The molecule has 0 bridgehead atoms. The standard InChI is InChI=1S/C29H38N4O10/c1-28(42)13-7-6-9-17(34)18(13)22(35)19-14(28)11-15-21(33(2)3)23(36)20(25(38)29(15,43)24(19)37)26(39)32-12-31-16(27(40)41)8-4-5-10-30/h6-7,9,14-16,21,31,34-35,38,42-43H,4-5,8,10-12,30H2,1-3H3,(H,32,39)(H,40,41)/t14-,15-,16-,21+,28+,29+/m0/s1. The van der Waals surface area contributed by atoms with Crippen molar-refractivity contribution in [2.45, 2.75) is 55.9 Å². The van der Waals surface area contributed by atoms with Crippen LogP contribution in [0.3, 0.4) is 0 Å². The van der Waals surface area contributed by atoms with Crippen molar-refractivity contribution in [3.63, 3.8) is 0 Å². The summed E-state index contributed by atoms with van der Waals surface area (Å²) in [5.41, 5.74) is -0.669. The third-order valence-corrected chi connectivity index (χ3v) is 8.84. The van der Waals surface area contributed by atoms with E-state index in [0.29, 0.717) is 19.4 Å². The van der Waals surface area contributed by atoms with Crippen LogP contribution in [-0.4, -0.2) is 104 Å². The van der Waals surface area contributed by atoms with Gasteiger partial charge in [0.25, 0.3) is 5.91 Å². The minimum Gasteiger partial charge on any atom is -0.508 e. The molecule has 234 valence electrons. The summed E-state index contributed by atoms with van der Waals surface area (Å²) in [5, 5.41) is 70.9. The first-order valence-corrected chi connectivity index (χ1v) is 14.0. The lowest BCUT2D eigenvalue weighted by molar-refractivity contribution is -0.159. The van der Waals surface area contributed by atoms with E-state index in [-0.39, 0.29) is 24.0 Å². The zero-order valence-electron chi connectivity index (χ0n) is 24.1. The molecule has 4 rings (SSSR count). The number of nitrogens with two attached hydrogens (primary N) is 1. The Morgan fingerprint density at radius 3 is 2.42 bits per heavy atom. The van der Waals surface area contributed by atoms with Crippen molar-refractivity contribution in [2.75, 3.05) is 27.3 Å². The highest BCUT2D eigenvalue weighted by Crippen LogP contribution is 2.57. The third-order valence-electron chi connectivity index (χ3n) is 8.84. The fourth-order valence-electron chi connectivity index (χ4n) is 6.63. The molecule has 1 aromatic rings. The zero-order chi connectivity index (χ0) is 32.0. The SMILES string of the molecule is CN(C)[C@H]1C(=O)C(C(=O)NCN[C@@H](CCCCN)C(=O)O)=C(O)[C@]2(O)C(=O)C3=C(O)c4c(O)cccc4[C@@](C)(O)[C@H]3C[C@@H]12. The number of carbonyl (C=O) groups is 4. The van der Waals surface area contributed by atoms with Crippen molar-refractivity contribution >= 4 is 29.2 Å². The third kappa shape index (κ3) is 5.08. The van der Waals surface area contributed by atoms with Crippen molar-refractivity contribution in [2.24, 2.45) is 17.6 Å². The molecule has 0 heterocycles. The summed E-state index contributed by atoms with van der Waals surface area (Å²) >= 11 is 0. The Morgan fingerprint density at radius 1 is 1.14 bits per heavy atom. The number of Topliss-reactive ketones (excluding diaryl/α,β-unsaturated/α-hetero) is 2. The van der Waals surface area contributed by atoms with Crippen LogP contribution in [0.15, 0.2) is 35.1 Å². The number of phenols is 1. The van der Waals surface area contributed by atoms with Crippen molar-refractivity contribution in [1.29, 1.82) is 0 Å². The lowest BCUT2D eigenvalue weighted by atomic mass is 9.54. The van der Waals surface area contributed by atoms with Gasteiger partial charge in [0.15, 0.2) is 11.4 Å². The number of hydrogen-bond donors (Lipinski definition) is 9. The van der Waals surface area contributed by atoms with Gasteiger partial charge in [-0.15, -0.1) is 0 Å². The number of carboxylic acid groups (broad SMARTS) is 1. The maximum absolute atomic E-state index is 14.1. The maximum Gasteiger partial charge on any atom is 0.320 e. The van der Waals surface area contributed by atoms with Gasteiger partial charge in [0.05, 0.1) is 23.9 Å². The van der Waals surface area contributed by atoms with Crippen LogP contribution in [0.1, 0.15) is 43.7 Å². The van der Waals surface area contributed by atoms with E-state index in [2.05, 4.69) is 10.6 Å². The highest BCUT2D eigenvalue weighted by molar-refractivity contribution is 6.25. The number of aliphatic hydroxyl groups is 4. The van der Waals surface area contributed by atoms with E-state index in [1.807, 2.05) is 0 Å². The van der Waals surface area contributed by atoms with E-state index < -0.39 is 93.6 Å². The van der Waals surface area contributed by atoms with Crippen LogP contribution >= 0.6 is 0 Å². The summed E-state index contributed by atoms with van der Waals surface area (Å²) in [6, 6.07) is 1.83. The van der Waals surface area contributed by atoms with Crippen LogP contribution in [0.2, 0.25) is 0 Å². The molecule has 1 amide bonds. The number of ketones is 2. The largest absolute Gasteiger partial charge is 0.508 e. The molecule has 0 saturated heterocycles. The van der Waals surface area contributed by atoms with Crippen LogP contribution < -0.4 is 16.4 Å². The number of hydrogen-bond acceptors (Lipinski definition) is 12. The number of aromatic hydroxyl groups is 1. The molecule has 43 heavy (non-hydrogen) atoms. The predicted octanol–water partition coefficient (Wildman–Crippen LogP) is -0.611. The Kier molecular flexibility index (Phi) is 8.73. The Balaban J connectivity index is 1.75. The van der Waals surface area contributed by atoms with Gasteiger partial charge in [0.2, 0.25) is 5.78 Å². The summed E-state index contributed by atoms with van der Waals surface area (Å²) in [6.07, 6.45) is 1.07. The number of benzene rings is 1. The lowest BCUT2D eigenvalue weighted by Crippen LogP contribution is -2.67. The van der Waals surface area contributed by atoms with Crippen LogP contribution in [-0.2, 0) is 24.8 Å². The number of carboxylic acids is 1. The molecule has 14 nitrogen and oxygen atoms in total. The molecule has 6 atom stereocenters. The van der Waals surface area contributed by atoms with Crippen molar-refractivity contribution < 1.29 is 49.8 Å². The number of aliphatic hydroxyl groups excluding tert-OH is 2. The van der Waals surface area contributed by atoms with E-state index in [1.54, 1.807) is 0 Å². The minimum absolute atomic E-state index is 0.135. The number of nitrogens with one attached hydrogen (secondary N) is 2. The maximum atomic E-state index is 14.1. The first-order valence-electron chi connectivity index (χ1n) is 14.0. The van der Waals surface area contributed by atoms with E-state index >= 15 is 0 Å². The molecule has 0 aromatic heterocycles. The smallest absolute Gasteiger partial charge is 0.320 e. The van der Waals surface area contributed by atoms with E-state index in [4.69, 9.17) is 5.73 Å². The number of carbonyl (C=O) groups excluding carboxylic acids is 3. The number of fused-ring (bicyclic) bond motifs is 3. The summed E-state index contributed by atoms with van der Waals surface area (Å²) in [6.45, 7) is 1.35. The average Bonchev–Trinajstić information content (AvgIpc) is 2.92. The average molecular weight is 603 g/mol. The quantitative estimate of drug-likeness (QED) is 0.0923. The molecule has 0 radical (unpaired) electrons. The first kappa shape index (κ1) is 32.1. The van der Waals surface area contributed by atoms with E-state index in [1.165, 1.54) is 44.1 Å². The van der Waals surface area contributed by atoms with Gasteiger partial charge in [-0.2, -0.15) is 0 Å². The Bertz CT molecular complexity index is 1420. The van der Waals surface area contributed by atoms with Crippen LogP contribution in [0, 0.1) is 11.8 Å². The van der Waals surface area contributed by atoms with Gasteiger partial charge in [-0.3, -0.25) is 29.4 Å². The van der Waals surface area contributed by atoms with Gasteiger partial charge in [0.1, 0.15) is 28.9 Å². The minimum atomic E-state index is -2.85. The normalized spacial score (nSPS) is 29.2. The number of aliphatic carboxylic acids is 1. The summed E-state index contributed by atoms with van der Waals surface area (Å²) < 4.78 is 0. The number of nitrogens with zero attached hydrogens (tertiary/aromatic N) is 1. The van der Waals surface area contributed by atoms with Gasteiger partial charge in [-0.05, 0) is 58.5 Å². The molecule has 0 unspecified atom stereocenters. The fraction of sp³-hybridized carbons (Fsp3) is 0.517. The Labute approximate surface area is 247 Å². The number of amides is 1. The zero-order valence-corrected chi connectivity index (χ0v) is 24.1. The molecular weight excluding hydrogens is 564 g/mol. The molecule has 1 fully saturated rings. The second-order valence-corrected chi connectivity index (χ2v) is 11.7. The number of unbranched alkanes of at least 4 members (excludes halogenated alkanes) is 1. The van der Waals surface area contributed by atoms with Crippen LogP contribution in [0.25, 0.3) is 5.76 Å². The molecule has 1 aromatic carbocycles. The number of phenolic OH excluding ortho intramolecular Hbond substituents is 1. The highest BCUT2D eigenvalue weighted by atomic mass is 16.4. The molecule has 10 N–H and O–H groups in total. The Hall–Kier alpha value is -3.82. The highest BCUT2D eigenvalue weighted by Gasteiger charge is 2.66. The van der Waals surface area contributed by atoms with Gasteiger partial charge in [0, 0.05) is 17.4 Å². The summed E-state index contributed by atoms with van der Waals surface area (Å²) in [5.74, 6) is -9.29. The van der Waals surface area contributed by atoms with Crippen molar-refractivity contribution in [1.82, 2.24) is 15.5 Å². The lowest BCUT2D eigenvalue weighted by Gasteiger charge is -2.53. The second kappa shape index (κ2) is 11.7. The van der Waals surface area contributed by atoms with Gasteiger partial charge in [-0.25, -0.2) is 0 Å². The van der Waals surface area contributed by atoms with E-state index in [9.17, 15) is 49.8 Å². The Morgan fingerprint density at radius 2 is 1.81 bits per heavy atom. The molecule has 0 spiro atoms. The van der Waals surface area contributed by atoms with E-state index in [0.717, 1.165) is 0 Å². The fourth-order valence-corrected chi connectivity index (χ4v) is 6.63.